The van der Waals surface area contributed by atoms with Crippen molar-refractivity contribution in [3.05, 3.63) is 309 Å². The number of benzene rings is 3. The number of nitrogens with one attached hydrogen (secondary N) is 7. The minimum atomic E-state index is -4.72. The lowest BCUT2D eigenvalue weighted by Gasteiger charge is -2.28. The average Bonchev–Trinajstić information content (AvgIpc) is 1.56. The predicted octanol–water partition coefficient (Wildman–Crippen LogP) is 18.8. The van der Waals surface area contributed by atoms with Crippen LogP contribution in [0.3, 0.4) is 0 Å². The molecule has 41 heteroatoms. The molecule has 2 saturated carbocycles. The van der Waals surface area contributed by atoms with E-state index in [4.69, 9.17) is 23.7 Å². The van der Waals surface area contributed by atoms with Gasteiger partial charge in [-0.15, -0.1) is 22.7 Å². The lowest BCUT2D eigenvalue weighted by atomic mass is 9.96. The fourth-order valence-corrected chi connectivity index (χ4v) is 18.9. The largest absolute Gasteiger partial charge is 0.477 e. The van der Waals surface area contributed by atoms with Crippen molar-refractivity contribution in [3.8, 4) is 101 Å². The Bertz CT molecular complexity index is 8780. The first kappa shape index (κ1) is 104. The highest BCUT2D eigenvalue weighted by atomic mass is 32.1. The highest BCUT2D eigenvalue weighted by Crippen LogP contribution is 2.53. The Morgan fingerprint density at radius 2 is 0.837 bits per heavy atom. The molecule has 0 bridgehead atoms. The molecule has 2 aliphatic carbocycles. The molecule has 0 spiro atoms. The Morgan fingerprint density at radius 1 is 0.456 bits per heavy atom. The van der Waals surface area contributed by atoms with Gasteiger partial charge in [-0.2, -0.15) is 13.2 Å². The van der Waals surface area contributed by atoms with Crippen LogP contribution in [-0.2, 0) is 56.4 Å². The Kier molecular flexibility index (Phi) is 28.4. The first-order valence-electron chi connectivity index (χ1n) is 46.4. The maximum absolute atomic E-state index is 13.9. The summed E-state index contributed by atoms with van der Waals surface area (Å²) in [5.74, 6) is -2.73. The van der Waals surface area contributed by atoms with Crippen molar-refractivity contribution in [3.63, 3.8) is 0 Å². The van der Waals surface area contributed by atoms with Crippen molar-refractivity contribution in [1.29, 1.82) is 0 Å². The van der Waals surface area contributed by atoms with Crippen LogP contribution in [0.4, 0.5) is 30.7 Å². The molecule has 20 rings (SSSR count). The number of nitrogens with zero attached hydrogens (tertiary/aromatic N) is 10. The van der Waals surface area contributed by atoms with Crippen LogP contribution in [0.2, 0.25) is 0 Å². The molecule has 18 aromatic rings. The summed E-state index contributed by atoms with van der Waals surface area (Å²) in [5.41, 5.74) is 8.14. The number of carbonyl (C=O) groups is 2. The van der Waals surface area contributed by atoms with Crippen molar-refractivity contribution < 1.29 is 64.0 Å². The van der Waals surface area contributed by atoms with Gasteiger partial charge in [0.1, 0.15) is 94.8 Å². The Labute approximate surface area is 840 Å². The van der Waals surface area contributed by atoms with Gasteiger partial charge in [0, 0.05) is 202 Å². The number of aryl methyl sites for hydroxylation is 15. The molecule has 147 heavy (non-hydrogen) atoms. The van der Waals surface area contributed by atoms with E-state index < -0.39 is 75.3 Å². The van der Waals surface area contributed by atoms with Gasteiger partial charge >= 0.3 is 6.18 Å². The molecule has 32 nitrogen and oxygen atoms in total. The van der Waals surface area contributed by atoms with E-state index >= 15 is 0 Å². The number of halogens is 7. The summed E-state index contributed by atoms with van der Waals surface area (Å²) in [6.45, 7) is 18.2. The monoisotopic (exact) mass is 2050 g/mol. The van der Waals surface area contributed by atoms with Crippen LogP contribution in [0.25, 0.3) is 109 Å². The maximum atomic E-state index is 13.9. The second kappa shape index (κ2) is 40.3. The molecule has 2 fully saturated rings. The lowest BCUT2D eigenvalue weighted by Crippen LogP contribution is -2.54. The number of aromatic amines is 5. The lowest BCUT2D eigenvalue weighted by molar-refractivity contribution is -0.182. The molecule has 15 aromatic heterocycles. The minimum Gasteiger partial charge on any atom is -0.477 e. The van der Waals surface area contributed by atoms with E-state index in [0.29, 0.717) is 102 Å². The molecular formula is C106H104F7N17O15S2. The zero-order valence-electron chi connectivity index (χ0n) is 83.5. The fourth-order valence-electron chi connectivity index (χ4n) is 17.3. The average molecular weight is 2050 g/mol. The zero-order valence-corrected chi connectivity index (χ0v) is 85.1. The van der Waals surface area contributed by atoms with Crippen LogP contribution < -0.4 is 78.8 Å². The van der Waals surface area contributed by atoms with Crippen molar-refractivity contribution in [1.82, 2.24) is 82.1 Å². The number of aromatic nitrogens is 15. The summed E-state index contributed by atoms with van der Waals surface area (Å²) in [5, 5.41) is 7.33. The van der Waals surface area contributed by atoms with Gasteiger partial charge in [-0.25, -0.2) is 27.5 Å². The molecule has 3 aromatic carbocycles. The molecule has 7 N–H and O–H groups in total. The number of alkyl halides is 5. The van der Waals surface area contributed by atoms with Gasteiger partial charge in [-0.3, -0.25) is 47.9 Å². The number of pyridine rings is 8. The molecule has 764 valence electrons. The van der Waals surface area contributed by atoms with E-state index in [-0.39, 0.29) is 72.9 Å². The second-order valence-corrected chi connectivity index (χ2v) is 39.2. The molecule has 0 aliphatic heterocycles. The van der Waals surface area contributed by atoms with E-state index in [9.17, 15) is 78.7 Å². The summed E-state index contributed by atoms with van der Waals surface area (Å²) in [7, 11) is 12.9. The Balaban J connectivity index is 0.000000134. The Morgan fingerprint density at radius 3 is 1.24 bits per heavy atom. The normalized spacial score (nSPS) is 13.8. The summed E-state index contributed by atoms with van der Waals surface area (Å²) >= 11 is 3.07. The SMILES string of the molecule is CCCOc1ncsc1-c1cn(C)c(=O)c2[nH]ccc12.Cc1cc(C)c(Oc2cn(C)c(=O)cc2-c2cn(C)c(=O)c3[nH]ccc23)c(C)c1.Cc1cc(F)cc(C)c1Oc1c(-c2cn(C)c(=O)c3[nH]c(C(=O)NC(C)(C)C(F)(F)F)cc23)ccn(C)c1=O.Cc1cc(F)cc(C)c1Oc1c(-c2cn(C)c(=O)c3[nH]c(C(=O)NC4(C)CC4(F)F)cc23)ccn(C)c1=O.Cn1cc(-c2scnc2OC2CCC2)c2cc[nH]c2c1=O. The van der Waals surface area contributed by atoms with Crippen LogP contribution in [0.5, 0.6) is 46.3 Å². The summed E-state index contributed by atoms with van der Waals surface area (Å²) in [4.78, 5) is 152. The van der Waals surface area contributed by atoms with Gasteiger partial charge in [0.2, 0.25) is 11.8 Å². The van der Waals surface area contributed by atoms with Crippen LogP contribution in [0.15, 0.2) is 202 Å². The molecular weight excluding hydrogens is 1950 g/mol. The predicted molar refractivity (Wildman–Crippen MR) is 552 cm³/mol. The molecule has 2 aliphatic rings. The number of amides is 2. The molecule has 1 atom stereocenters. The molecule has 1 unspecified atom stereocenters. The van der Waals surface area contributed by atoms with Gasteiger partial charge in [-0.05, 0) is 195 Å². The quantitative estimate of drug-likeness (QED) is 0.0349. The van der Waals surface area contributed by atoms with Gasteiger partial charge in [-0.1, -0.05) is 24.6 Å². The van der Waals surface area contributed by atoms with Crippen molar-refractivity contribution in [2.75, 3.05) is 6.61 Å². The number of rotatable bonds is 20. The van der Waals surface area contributed by atoms with E-state index in [0.717, 1.165) is 92.6 Å². The van der Waals surface area contributed by atoms with Crippen molar-refractivity contribution in [2.24, 2.45) is 56.4 Å². The molecule has 0 saturated heterocycles. The third-order valence-corrected chi connectivity index (χ3v) is 27.5. The summed E-state index contributed by atoms with van der Waals surface area (Å²) < 4.78 is 137. The standard InChI is InChI=1S/C27H26F4N4O4.C27H25F3N4O4.C23H23N3O3.C15H15N3O2S.C14H15N3O2S/c1-13-9-15(28)10-14(2)21(13)39-22-16(7-8-34(5)25(22)38)18-12-35(6)24(37)20-17(18)11-19(32-20)23(36)33-26(3,4)27(29,30)31;1-13-8-15(28)9-14(2)21(13)38-22-16(6-7-33(4)25(22)37)18-11-34(5)24(36)20-17(18)10-19(31-20)23(35)32-26(3)12-27(26,29)30;1-13-8-14(2)22(15(3)9-13)29-19-12-25(4)20(27)10-17(19)18-11-26(5)23(28)21-16(18)6-7-24-21;1-18-7-11(10-5-6-16-12(10)15(18)19)13-14(17-8-21-13)20-9-3-2-4-9;1-3-6-19-13-12(20-8-16-13)10-7-17(2)14(18)11-9(10)4-5-15-11/h7-12,32H,1-6H3,(H,33,36);6-11,31H,12H2,1-5H3,(H,32,35);6-12,24H,1-5H3;5-9,16H,2-4H2,1H3;4-5,7-8,15H,3,6H2,1-2H3. The molecule has 15 heterocycles. The third-order valence-electron chi connectivity index (χ3n) is 25.8. The Hall–Kier alpha value is -16.3. The highest BCUT2D eigenvalue weighted by Gasteiger charge is 2.69. The number of hydrogen-bond donors (Lipinski definition) is 7. The van der Waals surface area contributed by atoms with Gasteiger partial charge in [0.05, 0.1) is 23.8 Å². The van der Waals surface area contributed by atoms with E-state index in [1.54, 1.807) is 144 Å². The van der Waals surface area contributed by atoms with Gasteiger partial charge < -0.3 is 95.8 Å². The first-order valence-corrected chi connectivity index (χ1v) is 48.2. The minimum absolute atomic E-state index is 0.0234. The smallest absolute Gasteiger partial charge is 0.410 e. The van der Waals surface area contributed by atoms with Gasteiger partial charge in [0.25, 0.3) is 62.2 Å². The summed E-state index contributed by atoms with van der Waals surface area (Å²) in [6, 6.07) is 22.3. The topological polar surface area (TPSA) is 385 Å². The number of carbonyl (C=O) groups excluding carboxylic acids is 2. The number of ether oxygens (including phenoxy) is 5. The van der Waals surface area contributed by atoms with E-state index in [2.05, 4.69) is 66.2 Å². The maximum Gasteiger partial charge on any atom is 0.410 e. The van der Waals surface area contributed by atoms with E-state index in [1.165, 1.54) is 140 Å². The number of fused-ring (bicyclic) bond motifs is 5. The first-order chi connectivity index (χ1) is 69.4. The molecule has 2 amide bonds. The van der Waals surface area contributed by atoms with Crippen LogP contribution >= 0.6 is 22.7 Å². The second-order valence-electron chi connectivity index (χ2n) is 37.5. The van der Waals surface area contributed by atoms with Crippen LogP contribution in [0, 0.1) is 60.1 Å². The number of thiazole rings is 2. The number of H-pyrrole nitrogens is 5. The van der Waals surface area contributed by atoms with Gasteiger partial charge in [0.15, 0.2) is 17.2 Å². The zero-order chi connectivity index (χ0) is 106. The van der Waals surface area contributed by atoms with Crippen LogP contribution in [-0.4, -0.2) is 119 Å². The highest BCUT2D eigenvalue weighted by molar-refractivity contribution is 7.14. The summed E-state index contributed by atoms with van der Waals surface area (Å²) in [6.07, 6.45) is 17.9. The van der Waals surface area contributed by atoms with Crippen LogP contribution in [0.1, 0.15) is 120 Å². The van der Waals surface area contributed by atoms with E-state index in [1.807, 2.05) is 49.8 Å². The number of hydrogen-bond acceptors (Lipinski definition) is 19. The third kappa shape index (κ3) is 20.4. The fraction of sp³-hybridized carbons (Fsp3) is 0.283. The van der Waals surface area contributed by atoms with Crippen molar-refractivity contribution in [2.45, 2.75) is 138 Å². The molecule has 0 radical (unpaired) electrons. The van der Waals surface area contributed by atoms with Crippen molar-refractivity contribution >= 4 is 89.0 Å².